The van der Waals surface area contributed by atoms with Crippen LogP contribution in [0.4, 0.5) is 4.79 Å². The van der Waals surface area contributed by atoms with Crippen molar-refractivity contribution in [2.75, 3.05) is 6.54 Å². The molecule has 0 aromatic rings. The van der Waals surface area contributed by atoms with E-state index in [1.54, 1.807) is 0 Å². The van der Waals surface area contributed by atoms with Crippen LogP contribution in [-0.4, -0.2) is 29.2 Å². The van der Waals surface area contributed by atoms with E-state index in [1.807, 2.05) is 25.7 Å². The number of amides is 1. The number of nitrogens with zero attached hydrogens (tertiary/aromatic N) is 1. The molecule has 0 saturated carbocycles. The van der Waals surface area contributed by atoms with Crippen LogP contribution >= 0.6 is 0 Å². The van der Waals surface area contributed by atoms with Crippen molar-refractivity contribution in [3.05, 3.63) is 0 Å². The molecule has 0 aliphatic carbocycles. The Labute approximate surface area is 99.1 Å². The highest BCUT2D eigenvalue weighted by Crippen LogP contribution is 2.32. The lowest BCUT2D eigenvalue weighted by Gasteiger charge is -2.42. The van der Waals surface area contributed by atoms with E-state index in [-0.39, 0.29) is 11.5 Å². The van der Waals surface area contributed by atoms with E-state index < -0.39 is 5.60 Å². The molecule has 1 rings (SSSR count). The lowest BCUT2D eigenvalue weighted by Crippen LogP contribution is -2.50. The van der Waals surface area contributed by atoms with E-state index in [0.29, 0.717) is 6.04 Å². The van der Waals surface area contributed by atoms with Gasteiger partial charge in [-0.3, -0.25) is 0 Å². The molecule has 0 spiro atoms. The zero-order chi connectivity index (χ0) is 12.6. The summed E-state index contributed by atoms with van der Waals surface area (Å²) in [6.45, 7) is 13.0. The zero-order valence-corrected chi connectivity index (χ0v) is 11.5. The molecule has 1 fully saturated rings. The van der Waals surface area contributed by atoms with Gasteiger partial charge in [0.15, 0.2) is 0 Å². The molecule has 1 unspecified atom stereocenters. The topological polar surface area (TPSA) is 29.5 Å². The third-order valence-electron chi connectivity index (χ3n) is 3.00. The first-order valence-corrected chi connectivity index (χ1v) is 6.10. The van der Waals surface area contributed by atoms with Gasteiger partial charge in [0.1, 0.15) is 5.60 Å². The third-order valence-corrected chi connectivity index (χ3v) is 3.00. The number of piperidine rings is 1. The largest absolute Gasteiger partial charge is 0.444 e. The average molecular weight is 227 g/mol. The van der Waals surface area contributed by atoms with E-state index in [2.05, 4.69) is 20.8 Å². The van der Waals surface area contributed by atoms with Crippen LogP contribution in [0.2, 0.25) is 0 Å². The van der Waals surface area contributed by atoms with Gasteiger partial charge >= 0.3 is 6.09 Å². The molecule has 94 valence electrons. The summed E-state index contributed by atoms with van der Waals surface area (Å²) >= 11 is 0. The van der Waals surface area contributed by atoms with Crippen molar-refractivity contribution in [3.63, 3.8) is 0 Å². The molecule has 0 radical (unpaired) electrons. The summed E-state index contributed by atoms with van der Waals surface area (Å²) in [6.07, 6.45) is 2.06. The smallest absolute Gasteiger partial charge is 0.410 e. The standard InChI is InChI=1S/C13H25NO2/c1-10-7-8-13(5,6)9-14(10)11(15)16-12(2,3)4/h10H,7-9H2,1-6H3. The van der Waals surface area contributed by atoms with Crippen LogP contribution in [0.15, 0.2) is 0 Å². The number of hydrogen-bond donors (Lipinski definition) is 0. The molecule has 1 amide bonds. The van der Waals surface area contributed by atoms with Crippen molar-refractivity contribution in [2.45, 2.75) is 66.0 Å². The highest BCUT2D eigenvalue weighted by molar-refractivity contribution is 5.68. The van der Waals surface area contributed by atoms with Gasteiger partial charge < -0.3 is 9.64 Å². The maximum absolute atomic E-state index is 12.0. The van der Waals surface area contributed by atoms with Crippen molar-refractivity contribution in [1.29, 1.82) is 0 Å². The first-order valence-electron chi connectivity index (χ1n) is 6.10. The summed E-state index contributed by atoms with van der Waals surface area (Å²) < 4.78 is 5.43. The fourth-order valence-corrected chi connectivity index (χ4v) is 2.02. The number of likely N-dealkylation sites (tertiary alicyclic amines) is 1. The minimum atomic E-state index is -0.404. The summed E-state index contributed by atoms with van der Waals surface area (Å²) in [6, 6.07) is 0.294. The van der Waals surface area contributed by atoms with Gasteiger partial charge in [0.25, 0.3) is 0 Å². The van der Waals surface area contributed by atoms with Crippen LogP contribution < -0.4 is 0 Å². The molecule has 1 saturated heterocycles. The van der Waals surface area contributed by atoms with Crippen molar-refractivity contribution in [1.82, 2.24) is 4.90 Å². The van der Waals surface area contributed by atoms with E-state index in [0.717, 1.165) is 13.0 Å². The van der Waals surface area contributed by atoms with Crippen LogP contribution in [0.5, 0.6) is 0 Å². The first-order chi connectivity index (χ1) is 7.11. The minimum Gasteiger partial charge on any atom is -0.444 e. The maximum Gasteiger partial charge on any atom is 0.410 e. The second-order valence-electron chi connectivity index (χ2n) is 6.66. The molecule has 16 heavy (non-hydrogen) atoms. The Morgan fingerprint density at radius 2 is 1.94 bits per heavy atom. The Balaban J connectivity index is 2.67. The molecule has 1 heterocycles. The maximum atomic E-state index is 12.0. The van der Waals surface area contributed by atoms with Crippen LogP contribution in [0, 0.1) is 5.41 Å². The summed E-state index contributed by atoms with van der Waals surface area (Å²) in [5, 5.41) is 0. The normalized spacial score (nSPS) is 25.4. The van der Waals surface area contributed by atoms with Crippen molar-refractivity contribution < 1.29 is 9.53 Å². The van der Waals surface area contributed by atoms with Crippen LogP contribution in [0.3, 0.4) is 0 Å². The molecule has 0 N–H and O–H groups in total. The molecule has 3 heteroatoms. The molecular formula is C13H25NO2. The van der Waals surface area contributed by atoms with Crippen molar-refractivity contribution >= 4 is 6.09 Å². The summed E-state index contributed by atoms with van der Waals surface area (Å²) in [5.74, 6) is 0. The SMILES string of the molecule is CC1CCC(C)(C)CN1C(=O)OC(C)(C)C. The molecular weight excluding hydrogens is 202 g/mol. The molecule has 0 bridgehead atoms. The number of ether oxygens (including phenoxy) is 1. The summed E-state index contributed by atoms with van der Waals surface area (Å²) in [5.41, 5.74) is -0.193. The lowest BCUT2D eigenvalue weighted by atomic mass is 9.82. The summed E-state index contributed by atoms with van der Waals surface area (Å²) in [7, 11) is 0. The second kappa shape index (κ2) is 4.27. The second-order valence-corrected chi connectivity index (χ2v) is 6.66. The molecule has 1 atom stereocenters. The van der Waals surface area contributed by atoms with E-state index in [4.69, 9.17) is 4.74 Å². The first kappa shape index (κ1) is 13.3. The Morgan fingerprint density at radius 3 is 2.44 bits per heavy atom. The van der Waals surface area contributed by atoms with Crippen molar-refractivity contribution in [3.8, 4) is 0 Å². The Hall–Kier alpha value is -0.730. The quantitative estimate of drug-likeness (QED) is 0.634. The van der Waals surface area contributed by atoms with E-state index >= 15 is 0 Å². The molecule has 0 aromatic carbocycles. The fraction of sp³-hybridized carbons (Fsp3) is 0.923. The van der Waals surface area contributed by atoms with Gasteiger partial charge in [-0.2, -0.15) is 0 Å². The van der Waals surface area contributed by atoms with Gasteiger partial charge in [-0.05, 0) is 46.0 Å². The monoisotopic (exact) mass is 227 g/mol. The van der Waals surface area contributed by atoms with Gasteiger partial charge in [-0.15, -0.1) is 0 Å². The predicted octanol–water partition coefficient (Wildman–Crippen LogP) is 3.43. The fourth-order valence-electron chi connectivity index (χ4n) is 2.02. The Kier molecular flexibility index (Phi) is 3.56. The van der Waals surface area contributed by atoms with Gasteiger partial charge in [-0.1, -0.05) is 13.8 Å². The van der Waals surface area contributed by atoms with Crippen molar-refractivity contribution in [2.24, 2.45) is 5.41 Å². The highest BCUT2D eigenvalue weighted by atomic mass is 16.6. The van der Waals surface area contributed by atoms with Gasteiger partial charge in [0, 0.05) is 12.6 Å². The van der Waals surface area contributed by atoms with Crippen LogP contribution in [0.25, 0.3) is 0 Å². The Morgan fingerprint density at radius 1 is 1.38 bits per heavy atom. The molecule has 1 aliphatic rings. The van der Waals surface area contributed by atoms with E-state index in [1.165, 1.54) is 6.42 Å². The predicted molar refractivity (Wildman–Crippen MR) is 65.4 cm³/mol. The molecule has 1 aliphatic heterocycles. The third kappa shape index (κ3) is 3.69. The average Bonchev–Trinajstić information content (AvgIpc) is 2.06. The minimum absolute atomic E-state index is 0.173. The number of carbonyl (C=O) groups excluding carboxylic acids is 1. The highest BCUT2D eigenvalue weighted by Gasteiger charge is 2.35. The lowest BCUT2D eigenvalue weighted by molar-refractivity contribution is -0.00442. The zero-order valence-electron chi connectivity index (χ0n) is 11.5. The summed E-state index contributed by atoms with van der Waals surface area (Å²) in [4.78, 5) is 13.9. The molecule has 0 aromatic heterocycles. The molecule has 3 nitrogen and oxygen atoms in total. The Bertz CT molecular complexity index is 266. The number of hydrogen-bond acceptors (Lipinski definition) is 2. The van der Waals surface area contributed by atoms with Gasteiger partial charge in [-0.25, -0.2) is 4.79 Å². The van der Waals surface area contributed by atoms with Crippen LogP contribution in [-0.2, 0) is 4.74 Å². The number of rotatable bonds is 0. The number of carbonyl (C=O) groups is 1. The van der Waals surface area contributed by atoms with Gasteiger partial charge in [0.05, 0.1) is 0 Å². The van der Waals surface area contributed by atoms with Gasteiger partial charge in [0.2, 0.25) is 0 Å². The van der Waals surface area contributed by atoms with Crippen LogP contribution in [0.1, 0.15) is 54.4 Å². The van der Waals surface area contributed by atoms with E-state index in [9.17, 15) is 4.79 Å².